The Kier molecular flexibility index (Phi) is 5.41. The number of hydrogen-bond donors (Lipinski definition) is 2. The van der Waals surface area contributed by atoms with Gasteiger partial charge in [-0.2, -0.15) is 0 Å². The first-order chi connectivity index (χ1) is 12.9. The standard InChI is InChI=1S/C20H20FN3O2S/c1-12-17(19(25)22-15-5-4-6-16(11-15)26-3)18(23-20(27)24(12)2)13-7-9-14(21)10-8-13/h4-11,18H,1-3H3,(H,22,25)(H,23,27). The summed E-state index contributed by atoms with van der Waals surface area (Å²) >= 11 is 5.37. The van der Waals surface area contributed by atoms with Crippen LogP contribution in [0.15, 0.2) is 59.8 Å². The Morgan fingerprint density at radius 3 is 2.63 bits per heavy atom. The van der Waals surface area contributed by atoms with E-state index in [4.69, 9.17) is 17.0 Å². The second-order valence-electron chi connectivity index (χ2n) is 6.18. The Morgan fingerprint density at radius 1 is 1.26 bits per heavy atom. The minimum Gasteiger partial charge on any atom is -0.497 e. The molecule has 2 aromatic rings. The number of halogens is 1. The molecular weight excluding hydrogens is 365 g/mol. The van der Waals surface area contributed by atoms with Gasteiger partial charge in [-0.3, -0.25) is 4.79 Å². The van der Waals surface area contributed by atoms with E-state index in [1.165, 1.54) is 12.1 Å². The van der Waals surface area contributed by atoms with E-state index < -0.39 is 6.04 Å². The van der Waals surface area contributed by atoms with Crippen LogP contribution in [-0.2, 0) is 4.79 Å². The fourth-order valence-corrected chi connectivity index (χ4v) is 3.19. The molecule has 1 amide bonds. The summed E-state index contributed by atoms with van der Waals surface area (Å²) in [5, 5.41) is 6.57. The Morgan fingerprint density at radius 2 is 1.96 bits per heavy atom. The van der Waals surface area contributed by atoms with E-state index in [1.807, 2.05) is 6.92 Å². The van der Waals surface area contributed by atoms with Crippen LogP contribution in [0.5, 0.6) is 5.75 Å². The molecule has 1 aliphatic rings. The highest BCUT2D eigenvalue weighted by atomic mass is 32.1. The van der Waals surface area contributed by atoms with Crippen molar-refractivity contribution in [1.82, 2.24) is 10.2 Å². The molecule has 0 aliphatic carbocycles. The van der Waals surface area contributed by atoms with Crippen molar-refractivity contribution in [1.29, 1.82) is 0 Å². The van der Waals surface area contributed by atoms with Gasteiger partial charge in [-0.25, -0.2) is 4.39 Å². The third kappa shape index (κ3) is 3.93. The number of nitrogens with one attached hydrogen (secondary N) is 2. The topological polar surface area (TPSA) is 53.6 Å². The lowest BCUT2D eigenvalue weighted by Gasteiger charge is -2.35. The predicted molar refractivity (Wildman–Crippen MR) is 107 cm³/mol. The van der Waals surface area contributed by atoms with Crippen molar-refractivity contribution in [3.63, 3.8) is 0 Å². The van der Waals surface area contributed by atoms with Crippen LogP contribution < -0.4 is 15.4 Å². The molecule has 0 radical (unpaired) electrons. The SMILES string of the molecule is COc1cccc(NC(=O)C2=C(C)N(C)C(=S)NC2c2ccc(F)cc2)c1. The quantitative estimate of drug-likeness (QED) is 0.788. The van der Waals surface area contributed by atoms with Gasteiger partial charge < -0.3 is 20.3 Å². The van der Waals surface area contributed by atoms with Crippen molar-refractivity contribution in [2.75, 3.05) is 19.5 Å². The molecule has 2 N–H and O–H groups in total. The van der Waals surface area contributed by atoms with E-state index in [9.17, 15) is 9.18 Å². The van der Waals surface area contributed by atoms with Crippen LogP contribution in [0.1, 0.15) is 18.5 Å². The molecule has 7 heteroatoms. The summed E-state index contributed by atoms with van der Waals surface area (Å²) in [6, 6.07) is 12.7. The van der Waals surface area contributed by atoms with Crippen molar-refractivity contribution in [2.45, 2.75) is 13.0 Å². The van der Waals surface area contributed by atoms with Crippen molar-refractivity contribution >= 4 is 28.9 Å². The van der Waals surface area contributed by atoms with Crippen LogP contribution in [-0.4, -0.2) is 30.1 Å². The molecule has 3 rings (SSSR count). The van der Waals surface area contributed by atoms with Gasteiger partial charge >= 0.3 is 0 Å². The lowest BCUT2D eigenvalue weighted by molar-refractivity contribution is -0.113. The largest absolute Gasteiger partial charge is 0.497 e. The number of anilines is 1. The lowest BCUT2D eigenvalue weighted by atomic mass is 9.94. The van der Waals surface area contributed by atoms with Crippen molar-refractivity contribution in [2.24, 2.45) is 0 Å². The zero-order chi connectivity index (χ0) is 19.6. The third-order valence-electron chi connectivity index (χ3n) is 4.53. The van der Waals surface area contributed by atoms with E-state index in [-0.39, 0.29) is 11.7 Å². The maximum absolute atomic E-state index is 13.3. The molecule has 0 bridgehead atoms. The number of allylic oxidation sites excluding steroid dienone is 1. The molecule has 0 aromatic heterocycles. The smallest absolute Gasteiger partial charge is 0.255 e. The van der Waals surface area contributed by atoms with Gasteiger partial charge in [0.15, 0.2) is 5.11 Å². The maximum atomic E-state index is 13.3. The molecule has 1 heterocycles. The average molecular weight is 385 g/mol. The molecule has 0 saturated heterocycles. The Balaban J connectivity index is 1.97. The van der Waals surface area contributed by atoms with Gasteiger partial charge in [0.25, 0.3) is 5.91 Å². The average Bonchev–Trinajstić information content (AvgIpc) is 2.66. The van der Waals surface area contributed by atoms with E-state index in [2.05, 4.69) is 10.6 Å². The number of rotatable bonds is 4. The van der Waals surface area contributed by atoms with E-state index in [0.29, 0.717) is 22.1 Å². The number of nitrogens with zero attached hydrogens (tertiary/aromatic N) is 1. The molecule has 2 aromatic carbocycles. The van der Waals surface area contributed by atoms with Gasteiger partial charge in [-0.1, -0.05) is 18.2 Å². The lowest BCUT2D eigenvalue weighted by Crippen LogP contribution is -2.46. The van der Waals surface area contributed by atoms with Gasteiger partial charge in [0.05, 0.1) is 18.7 Å². The summed E-state index contributed by atoms with van der Waals surface area (Å²) in [6.07, 6.45) is 0. The molecule has 1 atom stereocenters. The van der Waals surface area contributed by atoms with E-state index in [1.54, 1.807) is 55.5 Å². The summed E-state index contributed by atoms with van der Waals surface area (Å²) < 4.78 is 18.5. The first-order valence-corrected chi connectivity index (χ1v) is 8.77. The molecule has 1 unspecified atom stereocenters. The van der Waals surface area contributed by atoms with Gasteiger partial charge in [0, 0.05) is 24.5 Å². The highest BCUT2D eigenvalue weighted by Crippen LogP contribution is 2.31. The molecule has 0 fully saturated rings. The van der Waals surface area contributed by atoms with Crippen LogP contribution in [0.4, 0.5) is 10.1 Å². The number of carbonyl (C=O) groups is 1. The number of benzene rings is 2. The number of ether oxygens (including phenoxy) is 1. The summed E-state index contributed by atoms with van der Waals surface area (Å²) in [6.45, 7) is 1.84. The predicted octanol–water partition coefficient (Wildman–Crippen LogP) is 3.61. The Hall–Kier alpha value is -2.93. The van der Waals surface area contributed by atoms with Crippen molar-refractivity contribution in [3.8, 4) is 5.75 Å². The Labute approximate surface area is 162 Å². The molecular formula is C20H20FN3O2S. The molecule has 0 saturated carbocycles. The first-order valence-electron chi connectivity index (χ1n) is 8.36. The molecule has 1 aliphatic heterocycles. The van der Waals surface area contributed by atoms with Crippen LogP contribution >= 0.6 is 12.2 Å². The normalized spacial score (nSPS) is 16.8. The second-order valence-corrected chi connectivity index (χ2v) is 6.56. The van der Waals surface area contributed by atoms with Gasteiger partial charge in [0.2, 0.25) is 0 Å². The monoisotopic (exact) mass is 385 g/mol. The number of carbonyl (C=O) groups excluding carboxylic acids is 1. The fourth-order valence-electron chi connectivity index (χ4n) is 2.93. The summed E-state index contributed by atoms with van der Waals surface area (Å²) in [4.78, 5) is 14.8. The molecule has 0 spiro atoms. The molecule has 27 heavy (non-hydrogen) atoms. The third-order valence-corrected chi connectivity index (χ3v) is 4.92. The van der Waals surface area contributed by atoms with Gasteiger partial charge in [0.1, 0.15) is 11.6 Å². The number of amides is 1. The van der Waals surface area contributed by atoms with Crippen LogP contribution in [0.2, 0.25) is 0 Å². The van der Waals surface area contributed by atoms with Crippen LogP contribution in [0, 0.1) is 5.82 Å². The van der Waals surface area contributed by atoms with Gasteiger partial charge in [-0.05, 0) is 49.0 Å². The first kappa shape index (κ1) is 18.8. The molecule has 5 nitrogen and oxygen atoms in total. The number of thiocarbonyl (C=S) groups is 1. The van der Waals surface area contributed by atoms with E-state index in [0.717, 1.165) is 11.3 Å². The highest BCUT2D eigenvalue weighted by molar-refractivity contribution is 7.80. The minimum absolute atomic E-state index is 0.267. The van der Waals surface area contributed by atoms with E-state index >= 15 is 0 Å². The second kappa shape index (κ2) is 7.75. The summed E-state index contributed by atoms with van der Waals surface area (Å²) in [5.74, 6) is 0.0444. The van der Waals surface area contributed by atoms with Gasteiger partial charge in [-0.15, -0.1) is 0 Å². The zero-order valence-electron chi connectivity index (χ0n) is 15.2. The minimum atomic E-state index is -0.472. The highest BCUT2D eigenvalue weighted by Gasteiger charge is 2.32. The molecule has 140 valence electrons. The maximum Gasteiger partial charge on any atom is 0.255 e. The van der Waals surface area contributed by atoms with Crippen molar-refractivity contribution in [3.05, 3.63) is 71.2 Å². The fraction of sp³-hybridized carbons (Fsp3) is 0.200. The zero-order valence-corrected chi connectivity index (χ0v) is 16.1. The van der Waals surface area contributed by atoms with Crippen LogP contribution in [0.25, 0.3) is 0 Å². The summed E-state index contributed by atoms with van der Waals surface area (Å²) in [7, 11) is 3.36. The Bertz CT molecular complexity index is 912. The number of methoxy groups -OCH3 is 1. The van der Waals surface area contributed by atoms with Crippen molar-refractivity contribution < 1.29 is 13.9 Å². The number of hydrogen-bond acceptors (Lipinski definition) is 3. The summed E-state index contributed by atoms with van der Waals surface area (Å²) in [5.41, 5.74) is 2.62. The van der Waals surface area contributed by atoms with Crippen LogP contribution in [0.3, 0.4) is 0 Å².